The largest absolute Gasteiger partial charge is 0.322 e. The van der Waals surface area contributed by atoms with E-state index >= 15 is 0 Å². The van der Waals surface area contributed by atoms with E-state index in [0.717, 1.165) is 17.8 Å². The predicted molar refractivity (Wildman–Crippen MR) is 133 cm³/mol. The second-order valence-corrected chi connectivity index (χ2v) is 8.65. The Morgan fingerprint density at radius 3 is 2.53 bits per heavy atom. The Hall–Kier alpha value is -3.95. The second kappa shape index (κ2) is 9.90. The molecule has 34 heavy (non-hydrogen) atoms. The molecule has 2 fully saturated rings. The maximum absolute atomic E-state index is 12.8. The predicted octanol–water partition coefficient (Wildman–Crippen LogP) is 3.93. The monoisotopic (exact) mass is 450 g/mol. The van der Waals surface area contributed by atoms with Crippen molar-refractivity contribution in [3.05, 3.63) is 89.7 Å². The Morgan fingerprint density at radius 2 is 1.82 bits per heavy atom. The number of piperazine rings is 1. The van der Waals surface area contributed by atoms with Crippen molar-refractivity contribution in [2.75, 3.05) is 29.9 Å². The Morgan fingerprint density at radius 1 is 0.971 bits per heavy atom. The van der Waals surface area contributed by atoms with Gasteiger partial charge in [0.15, 0.2) is 0 Å². The van der Waals surface area contributed by atoms with E-state index in [1.165, 1.54) is 19.3 Å². The van der Waals surface area contributed by atoms with Gasteiger partial charge in [0.05, 0.1) is 6.54 Å². The minimum atomic E-state index is -0.206. The first-order chi connectivity index (χ1) is 16.7. The van der Waals surface area contributed by atoms with Crippen LogP contribution in [0.5, 0.6) is 0 Å². The Balaban J connectivity index is 1.21. The van der Waals surface area contributed by atoms with Gasteiger partial charge in [-0.15, -0.1) is 0 Å². The summed E-state index contributed by atoms with van der Waals surface area (Å²) in [5.41, 5.74) is 3.53. The van der Waals surface area contributed by atoms with Crippen molar-refractivity contribution in [1.29, 1.82) is 0 Å². The number of nitrogens with zero attached hydrogens (tertiary/aromatic N) is 3. The first-order valence-electron chi connectivity index (χ1n) is 11.6. The lowest BCUT2D eigenvalue weighted by Gasteiger charge is -2.42. The number of aromatic nitrogens is 1. The molecule has 0 spiro atoms. The molecule has 6 heteroatoms. The molecule has 1 aliphatic carbocycles. The van der Waals surface area contributed by atoms with Crippen LogP contribution in [0.2, 0.25) is 0 Å². The van der Waals surface area contributed by atoms with E-state index in [9.17, 15) is 9.59 Å². The van der Waals surface area contributed by atoms with Gasteiger partial charge < -0.3 is 10.2 Å². The SMILES string of the molecule is O=C(Nc1cccc(C#Cc2ccccn2)c1)c1ccc(N2CCN(C3CCC3)CC2=O)cc1. The molecule has 1 aromatic heterocycles. The Kier molecular flexibility index (Phi) is 6.37. The first-order valence-corrected chi connectivity index (χ1v) is 11.6. The number of hydrogen-bond acceptors (Lipinski definition) is 4. The van der Waals surface area contributed by atoms with Crippen LogP contribution in [0.25, 0.3) is 0 Å². The summed E-state index contributed by atoms with van der Waals surface area (Å²) >= 11 is 0. The number of hydrogen-bond donors (Lipinski definition) is 1. The highest BCUT2D eigenvalue weighted by Gasteiger charge is 2.32. The highest BCUT2D eigenvalue weighted by atomic mass is 16.2. The standard InChI is InChI=1S/C28H26N4O2/c33-27-20-31(25-8-4-9-25)17-18-32(27)26-14-11-22(12-15-26)28(34)30-24-7-3-5-21(19-24)10-13-23-6-1-2-16-29-23/h1-3,5-7,11-12,14-16,19,25H,4,8-9,17-18,20H2,(H,30,34). The van der Waals surface area contributed by atoms with Gasteiger partial charge in [0, 0.05) is 47.8 Å². The normalized spacial score (nSPS) is 16.4. The third-order valence-corrected chi connectivity index (χ3v) is 6.40. The van der Waals surface area contributed by atoms with Crippen LogP contribution in [0, 0.1) is 11.8 Å². The summed E-state index contributed by atoms with van der Waals surface area (Å²) in [6, 6.07) is 20.8. The van der Waals surface area contributed by atoms with Gasteiger partial charge in [-0.2, -0.15) is 0 Å². The average Bonchev–Trinajstić information content (AvgIpc) is 2.83. The summed E-state index contributed by atoms with van der Waals surface area (Å²) < 4.78 is 0. The van der Waals surface area contributed by atoms with Crippen molar-refractivity contribution < 1.29 is 9.59 Å². The smallest absolute Gasteiger partial charge is 0.255 e. The maximum Gasteiger partial charge on any atom is 0.255 e. The van der Waals surface area contributed by atoms with Gasteiger partial charge >= 0.3 is 0 Å². The molecule has 6 nitrogen and oxygen atoms in total. The zero-order chi connectivity index (χ0) is 23.3. The number of anilines is 2. The minimum absolute atomic E-state index is 0.124. The molecular formula is C28H26N4O2. The van der Waals surface area contributed by atoms with Crippen LogP contribution in [0.15, 0.2) is 72.9 Å². The average molecular weight is 451 g/mol. The van der Waals surface area contributed by atoms with E-state index in [1.807, 2.05) is 59.5 Å². The van der Waals surface area contributed by atoms with Crippen LogP contribution in [0.4, 0.5) is 11.4 Å². The Bertz CT molecular complexity index is 1240. The lowest BCUT2D eigenvalue weighted by Crippen LogP contribution is -2.55. The molecule has 2 aliphatic rings. The van der Waals surface area contributed by atoms with Gasteiger partial charge in [-0.25, -0.2) is 4.98 Å². The van der Waals surface area contributed by atoms with E-state index in [0.29, 0.717) is 36.1 Å². The molecule has 5 rings (SSSR count). The zero-order valence-corrected chi connectivity index (χ0v) is 18.9. The zero-order valence-electron chi connectivity index (χ0n) is 18.9. The van der Waals surface area contributed by atoms with Crippen LogP contribution < -0.4 is 10.2 Å². The van der Waals surface area contributed by atoms with E-state index < -0.39 is 0 Å². The lowest BCUT2D eigenvalue weighted by molar-refractivity contribution is -0.122. The third-order valence-electron chi connectivity index (χ3n) is 6.40. The first kappa shape index (κ1) is 21.9. The second-order valence-electron chi connectivity index (χ2n) is 8.65. The fourth-order valence-corrected chi connectivity index (χ4v) is 4.27. The highest BCUT2D eigenvalue weighted by molar-refractivity contribution is 6.05. The van der Waals surface area contributed by atoms with Gasteiger partial charge in [-0.3, -0.25) is 14.5 Å². The fraction of sp³-hybridized carbons (Fsp3) is 0.250. The molecule has 2 amide bonds. The number of carbonyl (C=O) groups is 2. The summed E-state index contributed by atoms with van der Waals surface area (Å²) in [6.07, 6.45) is 5.39. The topological polar surface area (TPSA) is 65.5 Å². The quantitative estimate of drug-likeness (QED) is 0.612. The summed E-state index contributed by atoms with van der Waals surface area (Å²) in [5, 5.41) is 2.93. The van der Waals surface area contributed by atoms with Crippen molar-refractivity contribution in [2.45, 2.75) is 25.3 Å². The van der Waals surface area contributed by atoms with Crippen molar-refractivity contribution in [1.82, 2.24) is 9.88 Å². The summed E-state index contributed by atoms with van der Waals surface area (Å²) in [4.78, 5) is 33.8. The third kappa shape index (κ3) is 5.00. The number of pyridine rings is 1. The molecule has 3 aromatic rings. The van der Waals surface area contributed by atoms with Gasteiger partial charge in [0.2, 0.25) is 5.91 Å². The minimum Gasteiger partial charge on any atom is -0.322 e. The molecular weight excluding hydrogens is 424 g/mol. The van der Waals surface area contributed by atoms with E-state index in [-0.39, 0.29) is 11.8 Å². The molecule has 1 aliphatic heterocycles. The van der Waals surface area contributed by atoms with Crippen molar-refractivity contribution in [3.8, 4) is 11.8 Å². The Labute approximate surface area is 199 Å². The van der Waals surface area contributed by atoms with Crippen LogP contribution in [-0.2, 0) is 4.79 Å². The van der Waals surface area contributed by atoms with E-state index in [4.69, 9.17) is 0 Å². The number of rotatable bonds is 4. The van der Waals surface area contributed by atoms with Gasteiger partial charge in [0.1, 0.15) is 5.69 Å². The van der Waals surface area contributed by atoms with E-state index in [1.54, 1.807) is 18.3 Å². The van der Waals surface area contributed by atoms with Crippen molar-refractivity contribution in [2.24, 2.45) is 0 Å². The van der Waals surface area contributed by atoms with Crippen LogP contribution in [0.1, 0.15) is 40.9 Å². The van der Waals surface area contributed by atoms with E-state index in [2.05, 4.69) is 27.0 Å². The maximum atomic E-state index is 12.8. The van der Waals surface area contributed by atoms with Crippen molar-refractivity contribution >= 4 is 23.2 Å². The van der Waals surface area contributed by atoms with Crippen molar-refractivity contribution in [3.63, 3.8) is 0 Å². The van der Waals surface area contributed by atoms with Gasteiger partial charge in [-0.1, -0.05) is 24.5 Å². The molecule has 0 atom stereocenters. The molecule has 0 bridgehead atoms. The molecule has 170 valence electrons. The molecule has 2 heterocycles. The van der Waals surface area contributed by atoms with Crippen LogP contribution in [0.3, 0.4) is 0 Å². The fourth-order valence-electron chi connectivity index (χ4n) is 4.27. The number of nitrogens with one attached hydrogen (secondary N) is 1. The number of benzene rings is 2. The molecule has 1 N–H and O–H groups in total. The number of amides is 2. The number of carbonyl (C=O) groups excluding carboxylic acids is 2. The molecule has 1 saturated carbocycles. The summed E-state index contributed by atoms with van der Waals surface area (Å²) in [6.45, 7) is 2.07. The molecule has 1 saturated heterocycles. The molecule has 0 unspecified atom stereocenters. The summed E-state index contributed by atoms with van der Waals surface area (Å²) in [5.74, 6) is 6.01. The van der Waals surface area contributed by atoms with Gasteiger partial charge in [0.25, 0.3) is 5.91 Å². The van der Waals surface area contributed by atoms with Crippen LogP contribution in [-0.4, -0.2) is 47.4 Å². The molecule has 0 radical (unpaired) electrons. The van der Waals surface area contributed by atoms with Crippen LogP contribution >= 0.6 is 0 Å². The lowest BCUT2D eigenvalue weighted by atomic mass is 9.91. The highest BCUT2D eigenvalue weighted by Crippen LogP contribution is 2.27. The summed E-state index contributed by atoms with van der Waals surface area (Å²) in [7, 11) is 0. The molecule has 2 aromatic carbocycles. The van der Waals surface area contributed by atoms with Gasteiger partial charge in [-0.05, 0) is 73.4 Å².